The van der Waals surface area contributed by atoms with Gasteiger partial charge >= 0.3 is 6.09 Å². The summed E-state index contributed by atoms with van der Waals surface area (Å²) in [4.78, 5) is 16.4. The third-order valence-electron chi connectivity index (χ3n) is 2.01. The highest BCUT2D eigenvalue weighted by molar-refractivity contribution is 5.87. The van der Waals surface area contributed by atoms with Gasteiger partial charge < -0.3 is 5.11 Å². The Kier molecular flexibility index (Phi) is 3.19. The second-order valence-corrected chi connectivity index (χ2v) is 4.36. The Morgan fingerprint density at radius 2 is 2.12 bits per heavy atom. The van der Waals surface area contributed by atoms with Gasteiger partial charge in [-0.1, -0.05) is 5.92 Å². The normalized spacial score (nSPS) is 10.6. The van der Waals surface area contributed by atoms with Crippen LogP contribution in [0.4, 0.5) is 10.5 Å². The summed E-state index contributed by atoms with van der Waals surface area (Å²) in [5.74, 6) is 2.43. The molecule has 0 saturated heterocycles. The Morgan fingerprint density at radius 1 is 1.50 bits per heavy atom. The lowest BCUT2D eigenvalue weighted by Gasteiger charge is -2.32. The molecule has 1 aromatic rings. The Labute approximate surface area is 94.9 Å². The van der Waals surface area contributed by atoms with E-state index in [0.29, 0.717) is 11.3 Å². The number of amides is 1. The average Bonchev–Trinajstić information content (AvgIpc) is 2.15. The van der Waals surface area contributed by atoms with E-state index in [4.69, 9.17) is 6.42 Å². The second-order valence-electron chi connectivity index (χ2n) is 4.36. The SMILES string of the molecule is C#Cc1cncc(N(C(=O)O)C(C)(C)C)c1. The molecule has 0 aliphatic carbocycles. The molecule has 0 atom stereocenters. The van der Waals surface area contributed by atoms with Gasteiger partial charge in [-0.15, -0.1) is 6.42 Å². The Balaban J connectivity index is 3.23. The van der Waals surface area contributed by atoms with Crippen molar-refractivity contribution >= 4 is 11.8 Å². The van der Waals surface area contributed by atoms with Crippen LogP contribution in [0.3, 0.4) is 0 Å². The van der Waals surface area contributed by atoms with Gasteiger partial charge in [0, 0.05) is 17.3 Å². The monoisotopic (exact) mass is 218 g/mol. The number of rotatable bonds is 1. The molecule has 1 rings (SSSR count). The molecule has 1 aromatic heterocycles. The molecule has 1 amide bonds. The smallest absolute Gasteiger partial charge is 0.412 e. The minimum atomic E-state index is -1.02. The molecule has 4 heteroatoms. The lowest BCUT2D eigenvalue weighted by atomic mass is 10.1. The molecule has 0 aliphatic heterocycles. The summed E-state index contributed by atoms with van der Waals surface area (Å²) < 4.78 is 0. The van der Waals surface area contributed by atoms with E-state index in [1.807, 2.05) is 20.8 Å². The van der Waals surface area contributed by atoms with Crippen LogP contribution in [0.1, 0.15) is 26.3 Å². The third-order valence-corrected chi connectivity index (χ3v) is 2.01. The second kappa shape index (κ2) is 4.23. The first kappa shape index (κ1) is 12.1. The number of pyridine rings is 1. The Hall–Kier alpha value is -2.02. The van der Waals surface area contributed by atoms with Crippen molar-refractivity contribution in [3.05, 3.63) is 24.0 Å². The Bertz CT molecular complexity index is 441. The van der Waals surface area contributed by atoms with Gasteiger partial charge in [0.15, 0.2) is 0 Å². The standard InChI is InChI=1S/C12H14N2O2/c1-5-9-6-10(8-13-7-9)14(11(15)16)12(2,3)4/h1,6-8H,2-4H3,(H,15,16). The van der Waals surface area contributed by atoms with E-state index in [9.17, 15) is 9.90 Å². The molecule has 0 aromatic carbocycles. The van der Waals surface area contributed by atoms with Crippen LogP contribution in [-0.4, -0.2) is 21.7 Å². The molecule has 16 heavy (non-hydrogen) atoms. The summed E-state index contributed by atoms with van der Waals surface area (Å²) in [6.07, 6.45) is 7.23. The number of carboxylic acid groups (broad SMARTS) is 1. The molecule has 0 fully saturated rings. The van der Waals surface area contributed by atoms with Crippen molar-refractivity contribution in [3.8, 4) is 12.3 Å². The first-order chi connectivity index (χ1) is 7.36. The zero-order valence-electron chi connectivity index (χ0n) is 9.56. The molecule has 0 aliphatic rings. The van der Waals surface area contributed by atoms with Gasteiger partial charge in [-0.05, 0) is 26.8 Å². The minimum absolute atomic E-state index is 0.482. The zero-order chi connectivity index (χ0) is 12.3. The summed E-state index contributed by atoms with van der Waals surface area (Å²) in [7, 11) is 0. The summed E-state index contributed by atoms with van der Waals surface area (Å²) in [5, 5.41) is 9.17. The number of anilines is 1. The number of nitrogens with zero attached hydrogens (tertiary/aromatic N) is 2. The molecule has 0 radical (unpaired) electrons. The molecule has 4 nitrogen and oxygen atoms in total. The molecular formula is C12H14N2O2. The lowest BCUT2D eigenvalue weighted by molar-refractivity contribution is 0.195. The molecule has 1 heterocycles. The van der Waals surface area contributed by atoms with Crippen molar-refractivity contribution in [1.82, 2.24) is 4.98 Å². The van der Waals surface area contributed by atoms with Crippen molar-refractivity contribution in [2.75, 3.05) is 4.90 Å². The van der Waals surface area contributed by atoms with Crippen LogP contribution in [0.25, 0.3) is 0 Å². The fourth-order valence-corrected chi connectivity index (χ4v) is 1.41. The first-order valence-electron chi connectivity index (χ1n) is 4.81. The maximum atomic E-state index is 11.2. The van der Waals surface area contributed by atoms with Crippen LogP contribution in [0.15, 0.2) is 18.5 Å². The average molecular weight is 218 g/mol. The van der Waals surface area contributed by atoms with Gasteiger partial charge in [-0.2, -0.15) is 0 Å². The van der Waals surface area contributed by atoms with E-state index in [1.54, 1.807) is 6.07 Å². The van der Waals surface area contributed by atoms with Crippen molar-refractivity contribution in [2.45, 2.75) is 26.3 Å². The highest BCUT2D eigenvalue weighted by Crippen LogP contribution is 2.23. The van der Waals surface area contributed by atoms with Gasteiger partial charge in [-0.25, -0.2) is 4.79 Å². The number of terminal acetylenes is 1. The maximum absolute atomic E-state index is 11.2. The summed E-state index contributed by atoms with van der Waals surface area (Å²) in [6, 6.07) is 1.63. The number of hydrogen-bond donors (Lipinski definition) is 1. The van der Waals surface area contributed by atoms with Gasteiger partial charge in [0.2, 0.25) is 0 Å². The van der Waals surface area contributed by atoms with E-state index in [0.717, 1.165) is 0 Å². The van der Waals surface area contributed by atoms with Crippen LogP contribution >= 0.6 is 0 Å². The van der Waals surface area contributed by atoms with E-state index in [2.05, 4.69) is 10.9 Å². The highest BCUT2D eigenvalue weighted by Gasteiger charge is 2.28. The molecule has 0 spiro atoms. The molecular weight excluding hydrogens is 204 g/mol. The molecule has 0 bridgehead atoms. The number of aromatic nitrogens is 1. The number of carbonyl (C=O) groups is 1. The predicted molar refractivity (Wildman–Crippen MR) is 62.4 cm³/mol. The van der Waals surface area contributed by atoms with E-state index >= 15 is 0 Å². The van der Waals surface area contributed by atoms with Crippen LogP contribution in [0, 0.1) is 12.3 Å². The topological polar surface area (TPSA) is 53.4 Å². The third kappa shape index (κ3) is 2.51. The van der Waals surface area contributed by atoms with Gasteiger partial charge in [0.1, 0.15) is 0 Å². The van der Waals surface area contributed by atoms with Crippen molar-refractivity contribution in [2.24, 2.45) is 0 Å². The van der Waals surface area contributed by atoms with E-state index in [1.165, 1.54) is 17.3 Å². The highest BCUT2D eigenvalue weighted by atomic mass is 16.4. The van der Waals surface area contributed by atoms with Crippen LogP contribution < -0.4 is 4.90 Å². The van der Waals surface area contributed by atoms with Crippen LogP contribution in [-0.2, 0) is 0 Å². The molecule has 0 saturated carbocycles. The van der Waals surface area contributed by atoms with E-state index in [-0.39, 0.29) is 0 Å². The molecule has 1 N–H and O–H groups in total. The minimum Gasteiger partial charge on any atom is -0.465 e. The fraction of sp³-hybridized carbons (Fsp3) is 0.333. The number of hydrogen-bond acceptors (Lipinski definition) is 2. The van der Waals surface area contributed by atoms with Gasteiger partial charge in [0.05, 0.1) is 11.9 Å². The fourth-order valence-electron chi connectivity index (χ4n) is 1.41. The van der Waals surface area contributed by atoms with E-state index < -0.39 is 11.6 Å². The summed E-state index contributed by atoms with van der Waals surface area (Å²) in [5.41, 5.74) is 0.504. The maximum Gasteiger partial charge on any atom is 0.412 e. The molecule has 84 valence electrons. The van der Waals surface area contributed by atoms with Crippen LogP contribution in [0.2, 0.25) is 0 Å². The van der Waals surface area contributed by atoms with Crippen molar-refractivity contribution in [1.29, 1.82) is 0 Å². The lowest BCUT2D eigenvalue weighted by Crippen LogP contribution is -2.45. The van der Waals surface area contributed by atoms with Crippen LogP contribution in [0.5, 0.6) is 0 Å². The zero-order valence-corrected chi connectivity index (χ0v) is 9.56. The quantitative estimate of drug-likeness (QED) is 0.736. The van der Waals surface area contributed by atoms with Crippen molar-refractivity contribution in [3.63, 3.8) is 0 Å². The first-order valence-corrected chi connectivity index (χ1v) is 4.81. The summed E-state index contributed by atoms with van der Waals surface area (Å²) >= 11 is 0. The van der Waals surface area contributed by atoms with Gasteiger partial charge in [0.25, 0.3) is 0 Å². The predicted octanol–water partition coefficient (Wildman–Crippen LogP) is 2.35. The Morgan fingerprint density at radius 3 is 2.56 bits per heavy atom. The summed E-state index contributed by atoms with van der Waals surface area (Å²) in [6.45, 7) is 5.43. The van der Waals surface area contributed by atoms with Crippen molar-refractivity contribution < 1.29 is 9.90 Å². The largest absolute Gasteiger partial charge is 0.465 e. The van der Waals surface area contributed by atoms with Gasteiger partial charge in [-0.3, -0.25) is 9.88 Å². The molecule has 0 unspecified atom stereocenters.